The third kappa shape index (κ3) is 3.07. The summed E-state index contributed by atoms with van der Waals surface area (Å²) in [6, 6.07) is 5.31. The molecule has 0 aliphatic carbocycles. The minimum Gasteiger partial charge on any atom is -0.481 e. The summed E-state index contributed by atoms with van der Waals surface area (Å²) in [6.07, 6.45) is 3.11. The van der Waals surface area contributed by atoms with Crippen molar-refractivity contribution in [1.29, 1.82) is 0 Å². The van der Waals surface area contributed by atoms with E-state index in [9.17, 15) is 0 Å². The van der Waals surface area contributed by atoms with Gasteiger partial charge in [0.2, 0.25) is 11.8 Å². The summed E-state index contributed by atoms with van der Waals surface area (Å²) < 4.78 is 15.7. The van der Waals surface area contributed by atoms with Gasteiger partial charge in [0, 0.05) is 18.3 Å². The van der Waals surface area contributed by atoms with E-state index in [1.54, 1.807) is 31.5 Å². The Morgan fingerprint density at radius 2 is 2.00 bits per heavy atom. The van der Waals surface area contributed by atoms with Crippen LogP contribution in [0.2, 0.25) is 0 Å². The standard InChI is InChI=1S/C12H13N3O3/c1-3-17-11-6-7-13-12(15-11)18-9-4-5-10(16-2)14-8-9/h4-8H,3H2,1-2H3. The second kappa shape index (κ2) is 5.81. The number of hydrogen-bond acceptors (Lipinski definition) is 6. The first-order valence-electron chi connectivity index (χ1n) is 5.45. The SMILES string of the molecule is CCOc1ccnc(Oc2ccc(OC)nc2)n1. The highest BCUT2D eigenvalue weighted by Crippen LogP contribution is 2.20. The molecule has 2 rings (SSSR count). The summed E-state index contributed by atoms with van der Waals surface area (Å²) >= 11 is 0. The molecule has 0 bridgehead atoms. The first kappa shape index (κ1) is 12.1. The van der Waals surface area contributed by atoms with Crippen LogP contribution in [0.15, 0.2) is 30.6 Å². The van der Waals surface area contributed by atoms with Crippen molar-refractivity contribution >= 4 is 0 Å². The van der Waals surface area contributed by atoms with Gasteiger partial charge in [-0.15, -0.1) is 0 Å². The summed E-state index contributed by atoms with van der Waals surface area (Å²) in [4.78, 5) is 12.1. The monoisotopic (exact) mass is 247 g/mol. The highest BCUT2D eigenvalue weighted by atomic mass is 16.5. The first-order valence-corrected chi connectivity index (χ1v) is 5.45. The minimum atomic E-state index is 0.216. The second-order valence-corrected chi connectivity index (χ2v) is 3.25. The summed E-state index contributed by atoms with van der Waals surface area (Å²) in [5, 5.41) is 0. The van der Waals surface area contributed by atoms with Crippen LogP contribution in [0.5, 0.6) is 23.5 Å². The van der Waals surface area contributed by atoms with Gasteiger partial charge in [-0.3, -0.25) is 0 Å². The van der Waals surface area contributed by atoms with E-state index >= 15 is 0 Å². The Balaban J connectivity index is 2.09. The lowest BCUT2D eigenvalue weighted by atomic mass is 10.4. The number of nitrogens with zero attached hydrogens (tertiary/aromatic N) is 3. The Morgan fingerprint density at radius 3 is 2.67 bits per heavy atom. The molecule has 0 fully saturated rings. The normalized spacial score (nSPS) is 9.89. The number of aromatic nitrogens is 3. The van der Waals surface area contributed by atoms with Crippen molar-refractivity contribution in [3.63, 3.8) is 0 Å². The first-order chi connectivity index (χ1) is 8.81. The van der Waals surface area contributed by atoms with Crippen molar-refractivity contribution in [3.8, 4) is 23.5 Å². The van der Waals surface area contributed by atoms with Crippen LogP contribution in [0, 0.1) is 0 Å². The fraction of sp³-hybridized carbons (Fsp3) is 0.250. The van der Waals surface area contributed by atoms with E-state index in [0.29, 0.717) is 24.1 Å². The van der Waals surface area contributed by atoms with E-state index in [4.69, 9.17) is 14.2 Å². The van der Waals surface area contributed by atoms with Crippen molar-refractivity contribution in [2.24, 2.45) is 0 Å². The maximum absolute atomic E-state index is 5.44. The zero-order valence-electron chi connectivity index (χ0n) is 10.2. The van der Waals surface area contributed by atoms with Gasteiger partial charge in [-0.2, -0.15) is 4.98 Å². The molecule has 0 spiro atoms. The van der Waals surface area contributed by atoms with Gasteiger partial charge in [0.25, 0.3) is 0 Å². The Labute approximate surface area is 105 Å². The molecule has 0 saturated heterocycles. The fourth-order valence-corrected chi connectivity index (χ4v) is 1.26. The molecule has 0 amide bonds. The minimum absolute atomic E-state index is 0.216. The summed E-state index contributed by atoms with van der Waals surface area (Å²) in [7, 11) is 1.55. The lowest BCUT2D eigenvalue weighted by Crippen LogP contribution is -1.97. The van der Waals surface area contributed by atoms with Gasteiger partial charge in [-0.1, -0.05) is 0 Å². The average molecular weight is 247 g/mol. The smallest absolute Gasteiger partial charge is 0.325 e. The summed E-state index contributed by atoms with van der Waals surface area (Å²) in [6.45, 7) is 2.43. The van der Waals surface area contributed by atoms with Crippen molar-refractivity contribution in [2.75, 3.05) is 13.7 Å². The van der Waals surface area contributed by atoms with E-state index in [1.807, 2.05) is 6.92 Å². The molecular formula is C12H13N3O3. The molecule has 0 radical (unpaired) electrons. The van der Waals surface area contributed by atoms with Crippen LogP contribution in [0.25, 0.3) is 0 Å². The van der Waals surface area contributed by atoms with E-state index < -0.39 is 0 Å². The zero-order valence-corrected chi connectivity index (χ0v) is 10.2. The molecule has 0 saturated carbocycles. The number of methoxy groups -OCH3 is 1. The summed E-state index contributed by atoms with van der Waals surface area (Å²) in [5.74, 6) is 1.53. The second-order valence-electron chi connectivity index (χ2n) is 3.25. The Kier molecular flexibility index (Phi) is 3.90. The topological polar surface area (TPSA) is 66.4 Å². The molecule has 2 heterocycles. The highest BCUT2D eigenvalue weighted by Gasteiger charge is 2.03. The van der Waals surface area contributed by atoms with Gasteiger partial charge >= 0.3 is 6.01 Å². The lowest BCUT2D eigenvalue weighted by Gasteiger charge is -2.05. The Morgan fingerprint density at radius 1 is 1.11 bits per heavy atom. The predicted octanol–water partition coefficient (Wildman–Crippen LogP) is 2.07. The van der Waals surface area contributed by atoms with Crippen LogP contribution in [0.1, 0.15) is 6.92 Å². The van der Waals surface area contributed by atoms with Crippen molar-refractivity contribution in [3.05, 3.63) is 30.6 Å². The van der Waals surface area contributed by atoms with Crippen LogP contribution in [-0.4, -0.2) is 28.7 Å². The zero-order chi connectivity index (χ0) is 12.8. The van der Waals surface area contributed by atoms with E-state index in [0.717, 1.165) is 0 Å². The molecule has 6 heteroatoms. The van der Waals surface area contributed by atoms with Crippen LogP contribution in [-0.2, 0) is 0 Å². The Hall–Kier alpha value is -2.37. The molecule has 6 nitrogen and oxygen atoms in total. The third-order valence-electron chi connectivity index (χ3n) is 2.03. The van der Waals surface area contributed by atoms with Crippen LogP contribution < -0.4 is 14.2 Å². The molecule has 2 aromatic heterocycles. The maximum atomic E-state index is 5.44. The molecule has 0 aliphatic heterocycles. The molecular weight excluding hydrogens is 234 g/mol. The largest absolute Gasteiger partial charge is 0.481 e. The molecule has 18 heavy (non-hydrogen) atoms. The predicted molar refractivity (Wildman–Crippen MR) is 64.1 cm³/mol. The summed E-state index contributed by atoms with van der Waals surface area (Å²) in [5.41, 5.74) is 0. The van der Waals surface area contributed by atoms with E-state index in [-0.39, 0.29) is 6.01 Å². The van der Waals surface area contributed by atoms with Gasteiger partial charge in [-0.25, -0.2) is 9.97 Å². The average Bonchev–Trinajstić information content (AvgIpc) is 2.40. The molecule has 0 unspecified atom stereocenters. The van der Waals surface area contributed by atoms with Crippen molar-refractivity contribution < 1.29 is 14.2 Å². The van der Waals surface area contributed by atoms with Gasteiger partial charge < -0.3 is 14.2 Å². The molecule has 0 aliphatic rings. The van der Waals surface area contributed by atoms with Crippen LogP contribution in [0.3, 0.4) is 0 Å². The number of rotatable bonds is 5. The lowest BCUT2D eigenvalue weighted by molar-refractivity contribution is 0.318. The molecule has 0 N–H and O–H groups in total. The van der Waals surface area contributed by atoms with E-state index in [2.05, 4.69) is 15.0 Å². The van der Waals surface area contributed by atoms with E-state index in [1.165, 1.54) is 6.20 Å². The fourth-order valence-electron chi connectivity index (χ4n) is 1.26. The van der Waals surface area contributed by atoms with Crippen molar-refractivity contribution in [1.82, 2.24) is 15.0 Å². The number of ether oxygens (including phenoxy) is 3. The van der Waals surface area contributed by atoms with Crippen molar-refractivity contribution in [2.45, 2.75) is 6.92 Å². The number of pyridine rings is 1. The van der Waals surface area contributed by atoms with Gasteiger partial charge in [-0.05, 0) is 13.0 Å². The van der Waals surface area contributed by atoms with Gasteiger partial charge in [0.15, 0.2) is 0 Å². The number of hydrogen-bond donors (Lipinski definition) is 0. The van der Waals surface area contributed by atoms with Gasteiger partial charge in [0.05, 0.1) is 19.9 Å². The van der Waals surface area contributed by atoms with Gasteiger partial charge in [0.1, 0.15) is 5.75 Å². The molecule has 2 aromatic rings. The molecule has 94 valence electrons. The molecule has 0 atom stereocenters. The molecule has 0 aromatic carbocycles. The Bertz CT molecular complexity index is 502. The van der Waals surface area contributed by atoms with Crippen LogP contribution >= 0.6 is 0 Å². The quantitative estimate of drug-likeness (QED) is 0.805. The maximum Gasteiger partial charge on any atom is 0.325 e. The third-order valence-corrected chi connectivity index (χ3v) is 2.03. The van der Waals surface area contributed by atoms with Crippen LogP contribution in [0.4, 0.5) is 0 Å². The highest BCUT2D eigenvalue weighted by molar-refractivity contribution is 5.25.